The lowest BCUT2D eigenvalue weighted by molar-refractivity contribution is 0.164. The largest absolute Gasteiger partial charge is 0.338 e. The summed E-state index contributed by atoms with van der Waals surface area (Å²) < 4.78 is 32.0. The molecule has 0 spiro atoms. The van der Waals surface area contributed by atoms with Gasteiger partial charge >= 0.3 is 0 Å². The molecule has 1 aliphatic rings. The van der Waals surface area contributed by atoms with Crippen LogP contribution in [0.4, 0.5) is 0 Å². The van der Waals surface area contributed by atoms with E-state index in [4.69, 9.17) is 16.1 Å². The number of halogens is 1. The highest BCUT2D eigenvalue weighted by Gasteiger charge is 2.26. The second-order valence-corrected chi connectivity index (χ2v) is 9.15. The Morgan fingerprint density at radius 1 is 1.00 bits per heavy atom. The highest BCUT2D eigenvalue weighted by molar-refractivity contribution is 7.92. The molecule has 0 saturated carbocycles. The summed E-state index contributed by atoms with van der Waals surface area (Å²) in [6, 6.07) is 16.7. The number of benzene rings is 2. The van der Waals surface area contributed by atoms with E-state index < -0.39 is 10.0 Å². The second-order valence-electron chi connectivity index (χ2n) is 6.93. The smallest absolute Gasteiger partial charge is 0.241 e. The molecular formula is C21H21ClN4O3S. The van der Waals surface area contributed by atoms with Crippen molar-refractivity contribution in [2.24, 2.45) is 0 Å². The zero-order valence-electron chi connectivity index (χ0n) is 16.2. The highest BCUT2D eigenvalue weighted by atomic mass is 35.5. The number of nitrogens with zero attached hydrogens (tertiary/aromatic N) is 4. The monoisotopic (exact) mass is 444 g/mol. The summed E-state index contributed by atoms with van der Waals surface area (Å²) in [5, 5.41) is 5.84. The van der Waals surface area contributed by atoms with Gasteiger partial charge in [0.2, 0.25) is 21.7 Å². The van der Waals surface area contributed by atoms with E-state index in [1.54, 1.807) is 12.1 Å². The summed E-state index contributed by atoms with van der Waals surface area (Å²) in [7, 11) is -3.45. The number of sulfonamides is 1. The topological polar surface area (TPSA) is 79.5 Å². The van der Waals surface area contributed by atoms with E-state index >= 15 is 0 Å². The maximum atomic E-state index is 12.6. The normalized spacial score (nSPS) is 16.3. The average molecular weight is 445 g/mol. The van der Waals surface area contributed by atoms with Crippen LogP contribution in [0.25, 0.3) is 17.5 Å². The molecule has 1 fully saturated rings. The molecule has 2 heterocycles. The molecule has 0 N–H and O–H groups in total. The van der Waals surface area contributed by atoms with E-state index in [2.05, 4.69) is 15.0 Å². The standard InChI is InChI=1S/C21H21ClN4O3S/c22-19-9-5-4-8-18(19)21-23-20(29-24-21)16-25-11-13-26(14-12-25)30(27,28)15-10-17-6-2-1-3-7-17/h1-10,15H,11-14,16H2/b15-10+. The molecule has 2 aromatic carbocycles. The first kappa shape index (κ1) is 20.7. The fraction of sp³-hybridized carbons (Fsp3) is 0.238. The minimum Gasteiger partial charge on any atom is -0.338 e. The Bertz CT molecular complexity index is 1120. The third-order valence-corrected chi connectivity index (χ3v) is 6.76. The number of piperazine rings is 1. The number of rotatable bonds is 6. The van der Waals surface area contributed by atoms with Gasteiger partial charge in [0.05, 0.1) is 11.6 Å². The van der Waals surface area contributed by atoms with E-state index in [9.17, 15) is 8.42 Å². The number of hydrogen-bond acceptors (Lipinski definition) is 6. The van der Waals surface area contributed by atoms with E-state index in [1.165, 1.54) is 9.71 Å². The van der Waals surface area contributed by atoms with Crippen LogP contribution < -0.4 is 0 Å². The van der Waals surface area contributed by atoms with Crippen molar-refractivity contribution in [1.29, 1.82) is 0 Å². The summed E-state index contributed by atoms with van der Waals surface area (Å²) in [4.78, 5) is 6.51. The van der Waals surface area contributed by atoms with Crippen LogP contribution in [0.3, 0.4) is 0 Å². The van der Waals surface area contributed by atoms with Crippen molar-refractivity contribution in [3.05, 3.63) is 76.5 Å². The van der Waals surface area contributed by atoms with Gasteiger partial charge in [-0.2, -0.15) is 9.29 Å². The van der Waals surface area contributed by atoms with Gasteiger partial charge in [-0.1, -0.05) is 59.2 Å². The van der Waals surface area contributed by atoms with E-state index in [0.29, 0.717) is 49.5 Å². The summed E-state index contributed by atoms with van der Waals surface area (Å²) in [5.41, 5.74) is 1.57. The Hall–Kier alpha value is -2.52. The van der Waals surface area contributed by atoms with Gasteiger partial charge in [0.15, 0.2) is 0 Å². The first-order valence-corrected chi connectivity index (χ1v) is 11.4. The quantitative estimate of drug-likeness (QED) is 0.578. The molecule has 0 amide bonds. The summed E-state index contributed by atoms with van der Waals surface area (Å²) in [5.74, 6) is 0.924. The van der Waals surface area contributed by atoms with Gasteiger partial charge in [0.25, 0.3) is 0 Å². The van der Waals surface area contributed by atoms with Gasteiger partial charge < -0.3 is 4.52 Å². The molecule has 0 radical (unpaired) electrons. The van der Waals surface area contributed by atoms with Crippen molar-refractivity contribution in [3.63, 3.8) is 0 Å². The zero-order chi connectivity index (χ0) is 21.0. The van der Waals surface area contributed by atoms with Gasteiger partial charge in [0, 0.05) is 37.2 Å². The van der Waals surface area contributed by atoms with Gasteiger partial charge in [-0.05, 0) is 23.8 Å². The van der Waals surface area contributed by atoms with Crippen LogP contribution in [0.1, 0.15) is 11.5 Å². The van der Waals surface area contributed by atoms with Crippen LogP contribution >= 0.6 is 11.6 Å². The van der Waals surface area contributed by atoms with Crippen LogP contribution in [0.5, 0.6) is 0 Å². The number of aromatic nitrogens is 2. The van der Waals surface area contributed by atoms with E-state index in [1.807, 2.05) is 48.5 Å². The Balaban J connectivity index is 1.34. The zero-order valence-corrected chi connectivity index (χ0v) is 17.8. The Kier molecular flexibility index (Phi) is 6.29. The molecule has 9 heteroatoms. The Labute approximate surface area is 180 Å². The first-order valence-electron chi connectivity index (χ1n) is 9.54. The predicted octanol–water partition coefficient (Wildman–Crippen LogP) is 3.51. The minimum atomic E-state index is -3.45. The third-order valence-electron chi connectivity index (χ3n) is 4.86. The van der Waals surface area contributed by atoms with E-state index in [-0.39, 0.29) is 0 Å². The van der Waals surface area contributed by atoms with Crippen molar-refractivity contribution in [2.75, 3.05) is 26.2 Å². The SMILES string of the molecule is O=S(=O)(/C=C/c1ccccc1)N1CCN(Cc2nc(-c3ccccc3Cl)no2)CC1. The lowest BCUT2D eigenvalue weighted by atomic mass is 10.2. The third kappa shape index (κ3) is 4.96. The molecule has 1 aromatic heterocycles. The molecule has 1 aliphatic heterocycles. The minimum absolute atomic E-state index is 0.410. The molecule has 0 unspecified atom stereocenters. The van der Waals surface area contributed by atoms with Crippen LogP contribution in [0, 0.1) is 0 Å². The number of hydrogen-bond donors (Lipinski definition) is 0. The summed E-state index contributed by atoms with van der Waals surface area (Å²) in [6.45, 7) is 2.45. The van der Waals surface area contributed by atoms with Crippen LogP contribution in [0.2, 0.25) is 5.02 Å². The molecule has 7 nitrogen and oxygen atoms in total. The van der Waals surface area contributed by atoms with Crippen molar-refractivity contribution < 1.29 is 12.9 Å². The van der Waals surface area contributed by atoms with Crippen molar-refractivity contribution >= 4 is 27.7 Å². The molecule has 0 aliphatic carbocycles. The van der Waals surface area contributed by atoms with Crippen LogP contribution in [-0.4, -0.2) is 53.9 Å². The first-order chi connectivity index (χ1) is 14.5. The second kappa shape index (κ2) is 9.09. The maximum Gasteiger partial charge on any atom is 0.241 e. The highest BCUT2D eigenvalue weighted by Crippen LogP contribution is 2.25. The average Bonchev–Trinajstić information content (AvgIpc) is 3.22. The van der Waals surface area contributed by atoms with Crippen molar-refractivity contribution in [3.8, 4) is 11.4 Å². The molecule has 30 heavy (non-hydrogen) atoms. The van der Waals surface area contributed by atoms with Crippen LogP contribution in [0.15, 0.2) is 64.5 Å². The summed E-state index contributed by atoms with van der Waals surface area (Å²) in [6.07, 6.45) is 1.62. The van der Waals surface area contributed by atoms with Crippen molar-refractivity contribution in [2.45, 2.75) is 6.54 Å². The molecule has 156 valence electrons. The fourth-order valence-electron chi connectivity index (χ4n) is 3.22. The van der Waals surface area contributed by atoms with Crippen molar-refractivity contribution in [1.82, 2.24) is 19.3 Å². The molecule has 1 saturated heterocycles. The Morgan fingerprint density at radius 2 is 1.70 bits per heavy atom. The lowest BCUT2D eigenvalue weighted by Gasteiger charge is -2.32. The van der Waals surface area contributed by atoms with Gasteiger partial charge in [0.1, 0.15) is 0 Å². The van der Waals surface area contributed by atoms with Gasteiger partial charge in [-0.3, -0.25) is 4.90 Å². The molecule has 0 bridgehead atoms. The van der Waals surface area contributed by atoms with E-state index in [0.717, 1.165) is 11.1 Å². The summed E-state index contributed by atoms with van der Waals surface area (Å²) >= 11 is 6.18. The fourth-order valence-corrected chi connectivity index (χ4v) is 4.61. The lowest BCUT2D eigenvalue weighted by Crippen LogP contribution is -2.47. The van der Waals surface area contributed by atoms with Gasteiger partial charge in [-0.15, -0.1) is 0 Å². The van der Waals surface area contributed by atoms with Crippen LogP contribution in [-0.2, 0) is 16.6 Å². The maximum absolute atomic E-state index is 12.6. The predicted molar refractivity (Wildman–Crippen MR) is 116 cm³/mol. The molecule has 0 atom stereocenters. The molecular weight excluding hydrogens is 424 g/mol. The van der Waals surface area contributed by atoms with Gasteiger partial charge in [-0.25, -0.2) is 8.42 Å². The molecule has 4 rings (SSSR count). The Morgan fingerprint density at radius 3 is 2.43 bits per heavy atom. The molecule has 3 aromatic rings.